The number of hydrogen-bond donors (Lipinski definition) is 0. The van der Waals surface area contributed by atoms with Crippen LogP contribution < -0.4 is 4.74 Å². The molecule has 1 aromatic heterocycles. The van der Waals surface area contributed by atoms with Gasteiger partial charge in [-0.3, -0.25) is 4.79 Å². The Bertz CT molecular complexity index is 946. The zero-order valence-electron chi connectivity index (χ0n) is 14.1. The van der Waals surface area contributed by atoms with Crippen molar-refractivity contribution in [2.45, 2.75) is 13.3 Å². The molecule has 0 amide bonds. The van der Waals surface area contributed by atoms with E-state index in [4.69, 9.17) is 16.3 Å². The number of hydrogen-bond acceptors (Lipinski definition) is 3. The molecular formula is C21H18ClNO2. The summed E-state index contributed by atoms with van der Waals surface area (Å²) in [5, 5.41) is 1.29. The molecule has 1 heterocycles. The number of nitrogens with zero attached hydrogens (tertiary/aromatic N) is 1. The van der Waals surface area contributed by atoms with Gasteiger partial charge in [0.25, 0.3) is 0 Å². The molecule has 0 aliphatic rings. The van der Waals surface area contributed by atoms with Crippen molar-refractivity contribution in [3.8, 4) is 5.75 Å². The van der Waals surface area contributed by atoms with E-state index in [-0.39, 0.29) is 5.78 Å². The molecule has 0 bridgehead atoms. The number of aryl methyl sites for hydroxylation is 1. The lowest BCUT2D eigenvalue weighted by molar-refractivity contribution is 0.104. The van der Waals surface area contributed by atoms with Crippen LogP contribution >= 0.6 is 11.6 Å². The Morgan fingerprint density at radius 1 is 1.16 bits per heavy atom. The molecule has 25 heavy (non-hydrogen) atoms. The number of rotatable bonds is 5. The van der Waals surface area contributed by atoms with Crippen molar-refractivity contribution in [3.05, 3.63) is 76.5 Å². The molecule has 0 fully saturated rings. The van der Waals surface area contributed by atoms with Gasteiger partial charge in [0.2, 0.25) is 0 Å². The molecular weight excluding hydrogens is 334 g/mol. The van der Waals surface area contributed by atoms with E-state index < -0.39 is 0 Å². The maximum absolute atomic E-state index is 12.3. The minimum absolute atomic E-state index is 0.0615. The van der Waals surface area contributed by atoms with Gasteiger partial charge in [-0.15, -0.1) is 0 Å². The predicted octanol–water partition coefficient (Wildman–Crippen LogP) is 5.36. The summed E-state index contributed by atoms with van der Waals surface area (Å²) in [6.07, 6.45) is 4.18. The number of pyridine rings is 1. The van der Waals surface area contributed by atoms with E-state index in [0.29, 0.717) is 16.3 Å². The largest absolute Gasteiger partial charge is 0.497 e. The number of methoxy groups -OCH3 is 1. The third kappa shape index (κ3) is 3.89. The lowest BCUT2D eigenvalue weighted by Crippen LogP contribution is -1.94. The van der Waals surface area contributed by atoms with Gasteiger partial charge in [-0.05, 0) is 42.3 Å². The summed E-state index contributed by atoms with van der Waals surface area (Å²) in [5.74, 6) is 0.665. The molecule has 3 rings (SSSR count). The minimum atomic E-state index is -0.0615. The van der Waals surface area contributed by atoms with E-state index >= 15 is 0 Å². The lowest BCUT2D eigenvalue weighted by atomic mass is 10.1. The zero-order valence-corrected chi connectivity index (χ0v) is 14.9. The highest BCUT2D eigenvalue weighted by atomic mass is 35.5. The van der Waals surface area contributed by atoms with Crippen LogP contribution in [-0.4, -0.2) is 17.9 Å². The molecule has 0 aliphatic heterocycles. The highest BCUT2D eigenvalue weighted by Crippen LogP contribution is 2.25. The van der Waals surface area contributed by atoms with Crippen molar-refractivity contribution in [2.75, 3.05) is 7.11 Å². The van der Waals surface area contributed by atoms with E-state index in [0.717, 1.165) is 23.1 Å². The molecule has 0 saturated heterocycles. The van der Waals surface area contributed by atoms with Gasteiger partial charge in [-0.2, -0.15) is 0 Å². The van der Waals surface area contributed by atoms with E-state index in [9.17, 15) is 4.79 Å². The van der Waals surface area contributed by atoms with Crippen LogP contribution in [0.15, 0.2) is 54.6 Å². The van der Waals surface area contributed by atoms with Crippen LogP contribution in [0.5, 0.6) is 5.75 Å². The Morgan fingerprint density at radius 3 is 2.60 bits per heavy atom. The maximum atomic E-state index is 12.3. The van der Waals surface area contributed by atoms with Gasteiger partial charge in [0.05, 0.1) is 12.6 Å². The zero-order chi connectivity index (χ0) is 17.8. The van der Waals surface area contributed by atoms with Crippen LogP contribution in [0.25, 0.3) is 17.0 Å². The Kier molecular flexibility index (Phi) is 5.15. The molecule has 0 atom stereocenters. The lowest BCUT2D eigenvalue weighted by Gasteiger charge is -2.05. The highest BCUT2D eigenvalue weighted by Gasteiger charge is 2.06. The summed E-state index contributed by atoms with van der Waals surface area (Å²) in [6.45, 7) is 2.08. The van der Waals surface area contributed by atoms with Crippen molar-refractivity contribution in [2.24, 2.45) is 0 Å². The first-order valence-electron chi connectivity index (χ1n) is 8.06. The van der Waals surface area contributed by atoms with Crippen molar-refractivity contribution in [1.82, 2.24) is 4.98 Å². The second-order valence-corrected chi connectivity index (χ2v) is 6.03. The first-order chi connectivity index (χ1) is 12.1. The number of carbonyl (C=O) groups excluding carboxylic acids is 1. The van der Waals surface area contributed by atoms with Crippen LogP contribution in [0.3, 0.4) is 0 Å². The molecule has 0 N–H and O–H groups in total. The number of halogens is 1. The van der Waals surface area contributed by atoms with Gasteiger partial charge in [0.15, 0.2) is 5.78 Å². The maximum Gasteiger partial charge on any atom is 0.185 e. The summed E-state index contributed by atoms with van der Waals surface area (Å²) in [7, 11) is 1.61. The van der Waals surface area contributed by atoms with Gasteiger partial charge in [-0.1, -0.05) is 42.8 Å². The molecule has 0 radical (unpaired) electrons. The van der Waals surface area contributed by atoms with Gasteiger partial charge >= 0.3 is 0 Å². The van der Waals surface area contributed by atoms with E-state index in [1.165, 1.54) is 11.6 Å². The highest BCUT2D eigenvalue weighted by molar-refractivity contribution is 6.31. The summed E-state index contributed by atoms with van der Waals surface area (Å²) in [5.41, 5.74) is 3.32. The minimum Gasteiger partial charge on any atom is -0.497 e. The fourth-order valence-corrected chi connectivity index (χ4v) is 2.76. The van der Waals surface area contributed by atoms with Crippen LogP contribution in [-0.2, 0) is 6.42 Å². The second kappa shape index (κ2) is 7.49. The Balaban J connectivity index is 1.86. The van der Waals surface area contributed by atoms with Gasteiger partial charge in [0, 0.05) is 22.6 Å². The SMILES string of the molecule is CCc1ccc(C(=O)/C=C/c2cc3ccc(OC)cc3nc2Cl)cc1. The molecule has 2 aromatic carbocycles. The number of ketones is 1. The third-order valence-corrected chi connectivity index (χ3v) is 4.37. The molecule has 0 aliphatic carbocycles. The number of ether oxygens (including phenoxy) is 1. The number of benzene rings is 2. The van der Waals surface area contributed by atoms with Gasteiger partial charge in [-0.25, -0.2) is 4.98 Å². The molecule has 3 nitrogen and oxygen atoms in total. The average molecular weight is 352 g/mol. The summed E-state index contributed by atoms with van der Waals surface area (Å²) in [6, 6.07) is 15.2. The third-order valence-electron chi connectivity index (χ3n) is 4.07. The standard InChI is InChI=1S/C21H18ClNO2/c1-3-14-4-6-15(7-5-14)20(24)11-9-17-12-16-8-10-18(25-2)13-19(16)23-21(17)22/h4-13H,3H2,1-2H3/b11-9+. The predicted molar refractivity (Wildman–Crippen MR) is 102 cm³/mol. The Labute approximate surface area is 151 Å². The summed E-state index contributed by atoms with van der Waals surface area (Å²) in [4.78, 5) is 16.7. The molecule has 3 aromatic rings. The van der Waals surface area contributed by atoms with Crippen LogP contribution in [0.2, 0.25) is 5.15 Å². The smallest absolute Gasteiger partial charge is 0.185 e. The number of fused-ring (bicyclic) bond motifs is 1. The van der Waals surface area contributed by atoms with Gasteiger partial charge < -0.3 is 4.74 Å². The fourth-order valence-electron chi connectivity index (χ4n) is 2.55. The molecule has 0 spiro atoms. The molecule has 4 heteroatoms. The Morgan fingerprint density at radius 2 is 1.92 bits per heavy atom. The second-order valence-electron chi connectivity index (χ2n) is 5.68. The summed E-state index contributed by atoms with van der Waals surface area (Å²) < 4.78 is 5.20. The monoisotopic (exact) mass is 351 g/mol. The number of carbonyl (C=O) groups is 1. The fraction of sp³-hybridized carbons (Fsp3) is 0.143. The van der Waals surface area contributed by atoms with Gasteiger partial charge in [0.1, 0.15) is 10.9 Å². The molecule has 126 valence electrons. The number of allylic oxidation sites excluding steroid dienone is 1. The average Bonchev–Trinajstić information content (AvgIpc) is 2.65. The number of aromatic nitrogens is 1. The summed E-state index contributed by atoms with van der Waals surface area (Å²) >= 11 is 6.25. The molecule has 0 unspecified atom stereocenters. The van der Waals surface area contributed by atoms with Crippen molar-refractivity contribution < 1.29 is 9.53 Å². The van der Waals surface area contributed by atoms with Crippen LogP contribution in [0, 0.1) is 0 Å². The molecule has 0 saturated carbocycles. The topological polar surface area (TPSA) is 39.2 Å². The van der Waals surface area contributed by atoms with Crippen LogP contribution in [0.4, 0.5) is 0 Å². The van der Waals surface area contributed by atoms with Crippen molar-refractivity contribution in [1.29, 1.82) is 0 Å². The van der Waals surface area contributed by atoms with Crippen molar-refractivity contribution >= 4 is 34.4 Å². The first-order valence-corrected chi connectivity index (χ1v) is 8.44. The Hall–Kier alpha value is -2.65. The van der Waals surface area contributed by atoms with E-state index in [1.54, 1.807) is 13.2 Å². The quantitative estimate of drug-likeness (QED) is 0.353. The van der Waals surface area contributed by atoms with Crippen molar-refractivity contribution in [3.63, 3.8) is 0 Å². The first kappa shape index (κ1) is 17.2. The van der Waals surface area contributed by atoms with E-state index in [2.05, 4.69) is 11.9 Å². The van der Waals surface area contributed by atoms with Crippen LogP contribution in [0.1, 0.15) is 28.4 Å². The van der Waals surface area contributed by atoms with E-state index in [1.807, 2.05) is 48.5 Å². The normalized spacial score (nSPS) is 11.2.